The van der Waals surface area contributed by atoms with Gasteiger partial charge >= 0.3 is 0 Å². The lowest BCUT2D eigenvalue weighted by molar-refractivity contribution is 0.0730. The Hall–Kier alpha value is -2.69. The second kappa shape index (κ2) is 6.60. The van der Waals surface area contributed by atoms with Gasteiger partial charge in [0.15, 0.2) is 0 Å². The molecule has 0 fully saturated rings. The molecule has 0 aliphatic carbocycles. The van der Waals surface area contributed by atoms with Gasteiger partial charge in [0, 0.05) is 18.2 Å². The van der Waals surface area contributed by atoms with Crippen molar-refractivity contribution in [2.24, 2.45) is 0 Å². The van der Waals surface area contributed by atoms with E-state index >= 15 is 0 Å². The number of carbonyl (C=O) groups excluding carboxylic acids is 1. The summed E-state index contributed by atoms with van der Waals surface area (Å²) in [5.74, 6) is 1.92. The van der Waals surface area contributed by atoms with Gasteiger partial charge in [0.2, 0.25) is 0 Å². The van der Waals surface area contributed by atoms with Crippen molar-refractivity contribution in [2.45, 2.75) is 6.54 Å². The quantitative estimate of drug-likeness (QED) is 0.874. The monoisotopic (exact) mass is 313 g/mol. The van der Waals surface area contributed by atoms with Gasteiger partial charge in [-0.1, -0.05) is 18.2 Å². The fourth-order valence-electron chi connectivity index (χ4n) is 2.64. The SMILES string of the molecule is COc1ccc(C(=O)N2CCOc3ccccc3C2)c(OC)c1. The van der Waals surface area contributed by atoms with Crippen LogP contribution in [0.1, 0.15) is 15.9 Å². The average Bonchev–Trinajstić information content (AvgIpc) is 2.82. The molecular formula is C18H19NO4. The number of hydrogen-bond donors (Lipinski definition) is 0. The number of methoxy groups -OCH3 is 2. The first-order chi connectivity index (χ1) is 11.2. The van der Waals surface area contributed by atoms with Gasteiger partial charge in [0.1, 0.15) is 23.9 Å². The third-order valence-electron chi connectivity index (χ3n) is 3.88. The van der Waals surface area contributed by atoms with E-state index in [1.54, 1.807) is 37.3 Å². The van der Waals surface area contributed by atoms with Crippen molar-refractivity contribution in [3.05, 3.63) is 53.6 Å². The number of amides is 1. The molecule has 0 saturated carbocycles. The fourth-order valence-corrected chi connectivity index (χ4v) is 2.64. The summed E-state index contributed by atoms with van der Waals surface area (Å²) in [6, 6.07) is 13.0. The lowest BCUT2D eigenvalue weighted by atomic mass is 10.1. The van der Waals surface area contributed by atoms with Gasteiger partial charge in [-0.25, -0.2) is 0 Å². The van der Waals surface area contributed by atoms with Crippen LogP contribution in [0.15, 0.2) is 42.5 Å². The van der Waals surface area contributed by atoms with Crippen LogP contribution in [-0.4, -0.2) is 38.2 Å². The van der Waals surface area contributed by atoms with Gasteiger partial charge in [0.25, 0.3) is 5.91 Å². The lowest BCUT2D eigenvalue weighted by Gasteiger charge is -2.21. The molecule has 5 heteroatoms. The number of ether oxygens (including phenoxy) is 3. The number of carbonyl (C=O) groups is 1. The van der Waals surface area contributed by atoms with Crippen molar-refractivity contribution in [1.29, 1.82) is 0 Å². The first-order valence-corrected chi connectivity index (χ1v) is 7.45. The zero-order valence-corrected chi connectivity index (χ0v) is 13.2. The van der Waals surface area contributed by atoms with Gasteiger partial charge < -0.3 is 19.1 Å². The Bertz CT molecular complexity index is 714. The number of benzene rings is 2. The lowest BCUT2D eigenvalue weighted by Crippen LogP contribution is -2.32. The summed E-state index contributed by atoms with van der Waals surface area (Å²) in [6.45, 7) is 1.52. The predicted molar refractivity (Wildman–Crippen MR) is 86.2 cm³/mol. The Morgan fingerprint density at radius 2 is 1.96 bits per heavy atom. The van der Waals surface area contributed by atoms with E-state index in [0.717, 1.165) is 11.3 Å². The van der Waals surface area contributed by atoms with Crippen LogP contribution >= 0.6 is 0 Å². The zero-order valence-electron chi connectivity index (χ0n) is 13.2. The molecule has 1 heterocycles. The highest BCUT2D eigenvalue weighted by Crippen LogP contribution is 2.28. The molecular weight excluding hydrogens is 294 g/mol. The molecule has 0 radical (unpaired) electrons. The third-order valence-corrected chi connectivity index (χ3v) is 3.88. The minimum absolute atomic E-state index is 0.0789. The van der Waals surface area contributed by atoms with Crippen LogP contribution in [-0.2, 0) is 6.54 Å². The van der Waals surface area contributed by atoms with Gasteiger partial charge in [-0.2, -0.15) is 0 Å². The number of nitrogens with zero attached hydrogens (tertiary/aromatic N) is 1. The van der Waals surface area contributed by atoms with Crippen LogP contribution in [0.4, 0.5) is 0 Å². The average molecular weight is 313 g/mol. The molecule has 2 aromatic carbocycles. The molecule has 0 saturated heterocycles. The largest absolute Gasteiger partial charge is 0.497 e. The summed E-state index contributed by atoms with van der Waals surface area (Å²) in [4.78, 5) is 14.7. The number of rotatable bonds is 3. The van der Waals surface area contributed by atoms with Crippen molar-refractivity contribution in [3.8, 4) is 17.2 Å². The van der Waals surface area contributed by atoms with Gasteiger partial charge in [-0.3, -0.25) is 4.79 Å². The minimum atomic E-state index is -0.0789. The van der Waals surface area contributed by atoms with Crippen molar-refractivity contribution in [1.82, 2.24) is 4.90 Å². The Kier molecular flexibility index (Phi) is 4.37. The third kappa shape index (κ3) is 3.08. The second-order valence-corrected chi connectivity index (χ2v) is 5.25. The van der Waals surface area contributed by atoms with Crippen LogP contribution < -0.4 is 14.2 Å². The molecule has 0 bridgehead atoms. The molecule has 0 N–H and O–H groups in total. The maximum absolute atomic E-state index is 12.9. The van der Waals surface area contributed by atoms with E-state index in [1.165, 1.54) is 0 Å². The van der Waals surface area contributed by atoms with Crippen molar-refractivity contribution in [3.63, 3.8) is 0 Å². The Morgan fingerprint density at radius 1 is 1.13 bits per heavy atom. The van der Waals surface area contributed by atoms with Crippen LogP contribution in [0.5, 0.6) is 17.2 Å². The van der Waals surface area contributed by atoms with Crippen molar-refractivity contribution in [2.75, 3.05) is 27.4 Å². The molecule has 2 aromatic rings. The van der Waals surface area contributed by atoms with Crippen LogP contribution in [0.25, 0.3) is 0 Å². The molecule has 0 atom stereocenters. The van der Waals surface area contributed by atoms with E-state index in [1.807, 2.05) is 24.3 Å². The van der Waals surface area contributed by atoms with E-state index in [2.05, 4.69) is 0 Å². The van der Waals surface area contributed by atoms with Gasteiger partial charge in [-0.15, -0.1) is 0 Å². The summed E-state index contributed by atoms with van der Waals surface area (Å²) in [7, 11) is 3.13. The minimum Gasteiger partial charge on any atom is -0.497 e. The van der Waals surface area contributed by atoms with Crippen molar-refractivity contribution >= 4 is 5.91 Å². The number of para-hydroxylation sites is 1. The standard InChI is InChI=1S/C18H19NO4/c1-21-14-7-8-15(17(11-14)22-2)18(20)19-9-10-23-16-6-4-3-5-13(16)12-19/h3-8,11H,9-10,12H2,1-2H3. The molecule has 0 unspecified atom stereocenters. The molecule has 1 amide bonds. The summed E-state index contributed by atoms with van der Waals surface area (Å²) < 4.78 is 16.2. The highest BCUT2D eigenvalue weighted by atomic mass is 16.5. The van der Waals surface area contributed by atoms with E-state index in [4.69, 9.17) is 14.2 Å². The fraction of sp³-hybridized carbons (Fsp3) is 0.278. The molecule has 120 valence electrons. The first-order valence-electron chi connectivity index (χ1n) is 7.45. The Morgan fingerprint density at radius 3 is 2.74 bits per heavy atom. The molecule has 1 aliphatic rings. The first kappa shape index (κ1) is 15.2. The second-order valence-electron chi connectivity index (χ2n) is 5.25. The topological polar surface area (TPSA) is 48.0 Å². The molecule has 5 nitrogen and oxygen atoms in total. The summed E-state index contributed by atoms with van der Waals surface area (Å²) in [6.07, 6.45) is 0. The zero-order chi connectivity index (χ0) is 16.2. The Balaban J connectivity index is 1.88. The molecule has 0 aromatic heterocycles. The summed E-state index contributed by atoms with van der Waals surface area (Å²) in [5, 5.41) is 0. The van der Waals surface area contributed by atoms with E-state index in [9.17, 15) is 4.79 Å². The maximum Gasteiger partial charge on any atom is 0.258 e. The number of hydrogen-bond acceptors (Lipinski definition) is 4. The maximum atomic E-state index is 12.9. The van der Waals surface area contributed by atoms with Gasteiger partial charge in [-0.05, 0) is 18.2 Å². The van der Waals surface area contributed by atoms with Crippen LogP contribution in [0, 0.1) is 0 Å². The Labute approximate surface area is 135 Å². The summed E-state index contributed by atoms with van der Waals surface area (Å²) >= 11 is 0. The molecule has 1 aliphatic heterocycles. The highest BCUT2D eigenvalue weighted by Gasteiger charge is 2.23. The highest BCUT2D eigenvalue weighted by molar-refractivity contribution is 5.97. The smallest absolute Gasteiger partial charge is 0.258 e. The van der Waals surface area contributed by atoms with Crippen LogP contribution in [0.2, 0.25) is 0 Å². The molecule has 23 heavy (non-hydrogen) atoms. The van der Waals surface area contributed by atoms with E-state index < -0.39 is 0 Å². The summed E-state index contributed by atoms with van der Waals surface area (Å²) in [5.41, 5.74) is 1.53. The number of fused-ring (bicyclic) bond motifs is 1. The van der Waals surface area contributed by atoms with E-state index in [0.29, 0.717) is 36.8 Å². The van der Waals surface area contributed by atoms with Crippen LogP contribution in [0.3, 0.4) is 0 Å². The van der Waals surface area contributed by atoms with Crippen molar-refractivity contribution < 1.29 is 19.0 Å². The molecule has 3 rings (SSSR count). The van der Waals surface area contributed by atoms with Gasteiger partial charge in [0.05, 0.1) is 26.3 Å². The molecule has 0 spiro atoms. The predicted octanol–water partition coefficient (Wildman–Crippen LogP) is 2.74. The normalized spacial score (nSPS) is 13.6. The van der Waals surface area contributed by atoms with E-state index in [-0.39, 0.29) is 5.91 Å².